The number of carbonyl (C=O) groups excluding carboxylic acids is 1. The molecule has 0 atom stereocenters. The van der Waals surface area contributed by atoms with Gasteiger partial charge in [-0.1, -0.05) is 13.0 Å². The number of hydrogen-bond donors (Lipinski definition) is 2. The Balaban J connectivity index is 2.17. The van der Waals surface area contributed by atoms with Crippen LogP contribution in [0.25, 0.3) is 0 Å². The predicted octanol–water partition coefficient (Wildman–Crippen LogP) is 2.63. The standard InChI is InChI=1S/C16H23FN2O2/c1-3-9-18-14-12(5-4-6-13(14)17)15(20)19-10-7-16(2,21)8-11-19/h4-6,18,21H,3,7-11H2,1-2H3. The molecule has 1 aliphatic rings. The third-order valence-electron chi connectivity index (χ3n) is 3.92. The van der Waals surface area contributed by atoms with E-state index in [2.05, 4.69) is 5.32 Å². The molecule has 5 heteroatoms. The molecular weight excluding hydrogens is 271 g/mol. The van der Waals surface area contributed by atoms with Crippen molar-refractivity contribution in [2.24, 2.45) is 0 Å². The summed E-state index contributed by atoms with van der Waals surface area (Å²) in [6, 6.07) is 4.56. The molecule has 0 spiro atoms. The van der Waals surface area contributed by atoms with E-state index in [-0.39, 0.29) is 11.6 Å². The van der Waals surface area contributed by atoms with Crippen molar-refractivity contribution in [1.29, 1.82) is 0 Å². The van der Waals surface area contributed by atoms with E-state index >= 15 is 0 Å². The van der Waals surface area contributed by atoms with Crippen molar-refractivity contribution in [2.45, 2.75) is 38.7 Å². The lowest BCUT2D eigenvalue weighted by Gasteiger charge is -2.36. The first-order valence-electron chi connectivity index (χ1n) is 7.48. The summed E-state index contributed by atoms with van der Waals surface area (Å²) >= 11 is 0. The highest BCUT2D eigenvalue weighted by Gasteiger charge is 2.31. The van der Waals surface area contributed by atoms with Crippen molar-refractivity contribution >= 4 is 11.6 Å². The lowest BCUT2D eigenvalue weighted by Crippen LogP contribution is -2.45. The third-order valence-corrected chi connectivity index (χ3v) is 3.92. The Morgan fingerprint density at radius 2 is 2.10 bits per heavy atom. The molecule has 0 bridgehead atoms. The van der Waals surface area contributed by atoms with Crippen LogP contribution in [0.4, 0.5) is 10.1 Å². The molecule has 21 heavy (non-hydrogen) atoms. The summed E-state index contributed by atoms with van der Waals surface area (Å²) in [5.74, 6) is -0.582. The van der Waals surface area contributed by atoms with E-state index in [0.29, 0.717) is 38.0 Å². The van der Waals surface area contributed by atoms with Crippen LogP contribution < -0.4 is 5.32 Å². The second-order valence-electron chi connectivity index (χ2n) is 5.88. The number of nitrogens with one attached hydrogen (secondary N) is 1. The van der Waals surface area contributed by atoms with Crippen LogP contribution in [0.5, 0.6) is 0 Å². The van der Waals surface area contributed by atoms with Gasteiger partial charge in [0.25, 0.3) is 5.91 Å². The van der Waals surface area contributed by atoms with E-state index in [0.717, 1.165) is 6.42 Å². The Labute approximate surface area is 125 Å². The zero-order chi connectivity index (χ0) is 15.5. The molecule has 116 valence electrons. The first-order valence-corrected chi connectivity index (χ1v) is 7.48. The van der Waals surface area contributed by atoms with Crippen LogP contribution in [0.2, 0.25) is 0 Å². The summed E-state index contributed by atoms with van der Waals surface area (Å²) in [5.41, 5.74) is -0.0613. The summed E-state index contributed by atoms with van der Waals surface area (Å²) in [5, 5.41) is 12.9. The molecule has 0 radical (unpaired) electrons. The molecule has 1 fully saturated rings. The average Bonchev–Trinajstić information content (AvgIpc) is 2.45. The summed E-state index contributed by atoms with van der Waals surface area (Å²) in [7, 11) is 0. The van der Waals surface area contributed by atoms with Crippen LogP contribution in [-0.4, -0.2) is 41.1 Å². The minimum Gasteiger partial charge on any atom is -0.390 e. The van der Waals surface area contributed by atoms with Gasteiger partial charge >= 0.3 is 0 Å². The predicted molar refractivity (Wildman–Crippen MR) is 80.9 cm³/mol. The lowest BCUT2D eigenvalue weighted by atomic mass is 9.93. The van der Waals surface area contributed by atoms with Crippen molar-refractivity contribution in [3.63, 3.8) is 0 Å². The number of benzene rings is 1. The third kappa shape index (κ3) is 3.73. The van der Waals surface area contributed by atoms with Gasteiger partial charge in [-0.05, 0) is 38.3 Å². The Kier molecular flexibility index (Phi) is 4.83. The monoisotopic (exact) mass is 294 g/mol. The Morgan fingerprint density at radius 1 is 1.43 bits per heavy atom. The zero-order valence-corrected chi connectivity index (χ0v) is 12.7. The van der Waals surface area contributed by atoms with Gasteiger partial charge in [-0.15, -0.1) is 0 Å². The van der Waals surface area contributed by atoms with Gasteiger partial charge in [-0.3, -0.25) is 4.79 Å². The second kappa shape index (κ2) is 6.43. The summed E-state index contributed by atoms with van der Waals surface area (Å²) in [4.78, 5) is 14.3. The number of nitrogens with zero attached hydrogens (tertiary/aromatic N) is 1. The molecular formula is C16H23FN2O2. The fourth-order valence-electron chi connectivity index (χ4n) is 2.49. The zero-order valence-electron chi connectivity index (χ0n) is 12.7. The van der Waals surface area contributed by atoms with Gasteiger partial charge in [0.05, 0.1) is 16.9 Å². The fourth-order valence-corrected chi connectivity index (χ4v) is 2.49. The number of amides is 1. The van der Waals surface area contributed by atoms with E-state index < -0.39 is 11.4 Å². The van der Waals surface area contributed by atoms with E-state index in [1.165, 1.54) is 6.07 Å². The van der Waals surface area contributed by atoms with Crippen molar-refractivity contribution in [2.75, 3.05) is 25.0 Å². The maximum Gasteiger partial charge on any atom is 0.256 e. The number of piperidine rings is 1. The first-order chi connectivity index (χ1) is 9.94. The summed E-state index contributed by atoms with van der Waals surface area (Å²) in [6.45, 7) is 5.38. The van der Waals surface area contributed by atoms with Crippen LogP contribution in [-0.2, 0) is 0 Å². The Morgan fingerprint density at radius 3 is 2.71 bits per heavy atom. The van der Waals surface area contributed by atoms with Crippen molar-refractivity contribution in [3.05, 3.63) is 29.6 Å². The van der Waals surface area contributed by atoms with Gasteiger partial charge in [0, 0.05) is 19.6 Å². The van der Waals surface area contributed by atoms with E-state index in [9.17, 15) is 14.3 Å². The van der Waals surface area contributed by atoms with Crippen molar-refractivity contribution in [1.82, 2.24) is 4.90 Å². The maximum atomic E-state index is 14.0. The first kappa shape index (κ1) is 15.8. The molecule has 1 aromatic carbocycles. The fraction of sp³-hybridized carbons (Fsp3) is 0.562. The maximum absolute atomic E-state index is 14.0. The number of anilines is 1. The highest BCUT2D eigenvalue weighted by molar-refractivity contribution is 5.99. The van der Waals surface area contributed by atoms with Crippen LogP contribution in [0.1, 0.15) is 43.5 Å². The number of carbonyl (C=O) groups is 1. The van der Waals surface area contributed by atoms with Gasteiger partial charge in [0.2, 0.25) is 0 Å². The Bertz CT molecular complexity index is 507. The topological polar surface area (TPSA) is 52.6 Å². The number of halogens is 1. The van der Waals surface area contributed by atoms with Gasteiger partial charge in [-0.2, -0.15) is 0 Å². The highest BCUT2D eigenvalue weighted by Crippen LogP contribution is 2.26. The number of para-hydroxylation sites is 1. The molecule has 1 saturated heterocycles. The van der Waals surface area contributed by atoms with Crippen LogP contribution in [0, 0.1) is 5.82 Å². The van der Waals surface area contributed by atoms with E-state index in [4.69, 9.17) is 0 Å². The molecule has 2 N–H and O–H groups in total. The summed E-state index contributed by atoms with van der Waals surface area (Å²) < 4.78 is 14.0. The molecule has 0 saturated carbocycles. The van der Waals surface area contributed by atoms with Gasteiger partial charge in [0.1, 0.15) is 5.82 Å². The van der Waals surface area contributed by atoms with Gasteiger partial charge < -0.3 is 15.3 Å². The molecule has 1 aromatic rings. The normalized spacial score (nSPS) is 17.6. The number of rotatable bonds is 4. The SMILES string of the molecule is CCCNc1c(F)cccc1C(=O)N1CCC(C)(O)CC1. The van der Waals surface area contributed by atoms with Crippen LogP contribution >= 0.6 is 0 Å². The molecule has 1 amide bonds. The van der Waals surface area contributed by atoms with Crippen molar-refractivity contribution < 1.29 is 14.3 Å². The minimum atomic E-state index is -0.706. The van der Waals surface area contributed by atoms with E-state index in [1.54, 1.807) is 24.0 Å². The number of hydrogen-bond acceptors (Lipinski definition) is 3. The number of likely N-dealkylation sites (tertiary alicyclic amines) is 1. The highest BCUT2D eigenvalue weighted by atomic mass is 19.1. The van der Waals surface area contributed by atoms with Crippen LogP contribution in [0.15, 0.2) is 18.2 Å². The lowest BCUT2D eigenvalue weighted by molar-refractivity contribution is -0.00200. The minimum absolute atomic E-state index is 0.177. The number of aliphatic hydroxyl groups is 1. The van der Waals surface area contributed by atoms with Crippen molar-refractivity contribution in [3.8, 4) is 0 Å². The molecule has 0 aromatic heterocycles. The molecule has 2 rings (SSSR count). The molecule has 0 unspecified atom stereocenters. The molecule has 0 aliphatic carbocycles. The summed E-state index contributed by atoms with van der Waals surface area (Å²) in [6.07, 6.45) is 1.95. The Hall–Kier alpha value is -1.62. The van der Waals surface area contributed by atoms with Gasteiger partial charge in [-0.25, -0.2) is 4.39 Å². The van der Waals surface area contributed by atoms with Crippen LogP contribution in [0.3, 0.4) is 0 Å². The molecule has 1 aliphatic heterocycles. The van der Waals surface area contributed by atoms with Gasteiger partial charge in [0.15, 0.2) is 0 Å². The smallest absolute Gasteiger partial charge is 0.256 e. The molecule has 1 heterocycles. The molecule has 4 nitrogen and oxygen atoms in total. The van der Waals surface area contributed by atoms with E-state index in [1.807, 2.05) is 6.92 Å². The second-order valence-corrected chi connectivity index (χ2v) is 5.88. The average molecular weight is 294 g/mol. The quantitative estimate of drug-likeness (QED) is 0.897. The largest absolute Gasteiger partial charge is 0.390 e.